The molecule has 2 rings (SSSR count). The molecule has 2 heterocycles. The van der Waals surface area contributed by atoms with E-state index < -0.39 is 37.1 Å². The SMILES string of the molecule is Cc1cn([C@H]2CC(C(C)(C)C)[C@@H]([C@@H](C)CP(=O)([O-])O)O2)c(=O)[nH]c1=O. The van der Waals surface area contributed by atoms with Crippen molar-refractivity contribution >= 4 is 7.60 Å². The molecule has 0 aromatic carbocycles. The Labute approximate surface area is 146 Å². The molecule has 9 heteroatoms. The van der Waals surface area contributed by atoms with Crippen LogP contribution in [0.1, 0.15) is 45.9 Å². The summed E-state index contributed by atoms with van der Waals surface area (Å²) in [6.07, 6.45) is 0.570. The van der Waals surface area contributed by atoms with Crippen LogP contribution in [0.5, 0.6) is 0 Å². The Morgan fingerprint density at radius 1 is 1.48 bits per heavy atom. The molecule has 0 aliphatic carbocycles. The van der Waals surface area contributed by atoms with Gasteiger partial charge in [0, 0.05) is 17.9 Å². The highest BCUT2D eigenvalue weighted by Gasteiger charge is 2.45. The van der Waals surface area contributed by atoms with Gasteiger partial charge in [-0.3, -0.25) is 14.3 Å². The molecule has 1 aromatic rings. The molecular formula is C16H26N2O6P-. The Bertz CT molecular complexity index is 787. The van der Waals surface area contributed by atoms with Crippen molar-refractivity contribution in [3.05, 3.63) is 32.6 Å². The molecule has 0 saturated carbocycles. The smallest absolute Gasteiger partial charge is 0.330 e. The number of nitrogens with one attached hydrogen (secondary N) is 1. The predicted molar refractivity (Wildman–Crippen MR) is 91.4 cm³/mol. The van der Waals surface area contributed by atoms with Crippen LogP contribution in [0.25, 0.3) is 0 Å². The van der Waals surface area contributed by atoms with Gasteiger partial charge in [0.25, 0.3) is 5.56 Å². The fourth-order valence-corrected chi connectivity index (χ4v) is 4.44. The summed E-state index contributed by atoms with van der Waals surface area (Å²) in [5.74, 6) is -0.444. The second kappa shape index (κ2) is 6.83. The molecule has 1 aliphatic rings. The van der Waals surface area contributed by atoms with Crippen molar-refractivity contribution in [1.29, 1.82) is 0 Å². The topological polar surface area (TPSA) is 124 Å². The van der Waals surface area contributed by atoms with Crippen LogP contribution in [0.15, 0.2) is 15.8 Å². The lowest BCUT2D eigenvalue weighted by Crippen LogP contribution is -2.35. The molecule has 1 aromatic heterocycles. The second-order valence-corrected chi connectivity index (χ2v) is 9.68. The lowest BCUT2D eigenvalue weighted by molar-refractivity contribution is -0.194. The summed E-state index contributed by atoms with van der Waals surface area (Å²) in [6.45, 7) is 9.40. The molecule has 8 nitrogen and oxygen atoms in total. The summed E-state index contributed by atoms with van der Waals surface area (Å²) < 4.78 is 18.7. The number of nitrogens with zero attached hydrogens (tertiary/aromatic N) is 1. The number of rotatable bonds is 4. The van der Waals surface area contributed by atoms with Gasteiger partial charge < -0.3 is 19.1 Å². The zero-order valence-electron chi connectivity index (χ0n) is 15.2. The van der Waals surface area contributed by atoms with Crippen LogP contribution < -0.4 is 16.1 Å². The Morgan fingerprint density at radius 3 is 2.60 bits per heavy atom. The molecule has 2 unspecified atom stereocenters. The minimum absolute atomic E-state index is 0.0156. The molecule has 25 heavy (non-hydrogen) atoms. The molecule has 0 bridgehead atoms. The van der Waals surface area contributed by atoms with Gasteiger partial charge in [0.1, 0.15) is 13.8 Å². The summed E-state index contributed by atoms with van der Waals surface area (Å²) in [5, 5.41) is 0. The maximum absolute atomic E-state index is 12.1. The summed E-state index contributed by atoms with van der Waals surface area (Å²) in [4.78, 5) is 46.4. The average Bonchev–Trinajstić information content (AvgIpc) is 2.86. The third-order valence-electron chi connectivity index (χ3n) is 4.81. The first kappa shape index (κ1) is 20.1. The van der Waals surface area contributed by atoms with E-state index in [0.717, 1.165) is 0 Å². The molecule has 5 atom stereocenters. The van der Waals surface area contributed by atoms with Gasteiger partial charge in [-0.2, -0.15) is 0 Å². The fraction of sp³-hybridized carbons (Fsp3) is 0.750. The minimum Gasteiger partial charge on any atom is -0.779 e. The van der Waals surface area contributed by atoms with Crippen molar-refractivity contribution in [2.24, 2.45) is 17.3 Å². The first-order chi connectivity index (χ1) is 11.3. The van der Waals surface area contributed by atoms with Crippen LogP contribution in [0.2, 0.25) is 0 Å². The van der Waals surface area contributed by atoms with E-state index >= 15 is 0 Å². The van der Waals surface area contributed by atoms with Gasteiger partial charge >= 0.3 is 5.69 Å². The second-order valence-electron chi connectivity index (χ2n) is 8.04. The summed E-state index contributed by atoms with van der Waals surface area (Å²) in [5.41, 5.74) is -0.787. The lowest BCUT2D eigenvalue weighted by atomic mass is 9.74. The molecule has 0 amide bonds. The maximum Gasteiger partial charge on any atom is 0.330 e. The molecule has 2 N–H and O–H groups in total. The van der Waals surface area contributed by atoms with E-state index in [9.17, 15) is 23.9 Å². The van der Waals surface area contributed by atoms with E-state index in [4.69, 9.17) is 4.74 Å². The van der Waals surface area contributed by atoms with Gasteiger partial charge in [-0.1, -0.05) is 27.7 Å². The van der Waals surface area contributed by atoms with Crippen LogP contribution in [0.3, 0.4) is 0 Å². The molecule has 0 spiro atoms. The van der Waals surface area contributed by atoms with Crippen LogP contribution in [-0.4, -0.2) is 26.7 Å². The van der Waals surface area contributed by atoms with Crippen molar-refractivity contribution < 1.29 is 19.1 Å². The van der Waals surface area contributed by atoms with Gasteiger partial charge in [-0.15, -0.1) is 0 Å². The largest absolute Gasteiger partial charge is 0.779 e. The molecule has 0 radical (unpaired) electrons. The number of hydrogen-bond acceptors (Lipinski definition) is 5. The van der Waals surface area contributed by atoms with E-state index in [-0.39, 0.29) is 17.5 Å². The summed E-state index contributed by atoms with van der Waals surface area (Å²) in [7, 11) is -4.41. The predicted octanol–water partition coefficient (Wildman–Crippen LogP) is 0.977. The van der Waals surface area contributed by atoms with Gasteiger partial charge in [0.2, 0.25) is 0 Å². The zero-order chi connectivity index (χ0) is 19.2. The van der Waals surface area contributed by atoms with Crippen LogP contribution in [-0.2, 0) is 9.30 Å². The Balaban J connectivity index is 2.36. The van der Waals surface area contributed by atoms with Crippen molar-refractivity contribution in [1.82, 2.24) is 9.55 Å². The number of aromatic amines is 1. The monoisotopic (exact) mass is 373 g/mol. The quantitative estimate of drug-likeness (QED) is 0.758. The number of hydrogen-bond donors (Lipinski definition) is 2. The third kappa shape index (κ3) is 4.70. The number of ether oxygens (including phenoxy) is 1. The van der Waals surface area contributed by atoms with E-state index in [1.54, 1.807) is 13.8 Å². The first-order valence-electron chi connectivity index (χ1n) is 8.30. The lowest BCUT2D eigenvalue weighted by Gasteiger charge is -2.35. The van der Waals surface area contributed by atoms with Gasteiger partial charge in [0.05, 0.1) is 6.10 Å². The summed E-state index contributed by atoms with van der Waals surface area (Å²) >= 11 is 0. The molecule has 1 fully saturated rings. The van der Waals surface area contributed by atoms with Gasteiger partial charge in [0.15, 0.2) is 0 Å². The standard InChI is InChI=1S/C16H27N2O6P/c1-9-7-18(15(20)17-14(9)19)12-6-11(16(3,4)5)13(24-12)10(2)8-25(21,22)23/h7,10-13H,6,8H2,1-5H3,(H,17,19,20)(H2,21,22,23)/p-1/t10-,11?,12+,13+/m0/s1. The van der Waals surface area contributed by atoms with Crippen LogP contribution in [0.4, 0.5) is 0 Å². The third-order valence-corrected chi connectivity index (χ3v) is 5.85. The highest BCUT2D eigenvalue weighted by molar-refractivity contribution is 7.50. The van der Waals surface area contributed by atoms with E-state index in [0.29, 0.717) is 12.0 Å². The number of aromatic nitrogens is 2. The van der Waals surface area contributed by atoms with E-state index in [2.05, 4.69) is 4.98 Å². The molecular weight excluding hydrogens is 347 g/mol. The van der Waals surface area contributed by atoms with Crippen molar-refractivity contribution in [3.8, 4) is 0 Å². The van der Waals surface area contributed by atoms with Crippen LogP contribution >= 0.6 is 7.60 Å². The Hall–Kier alpha value is -1.21. The molecule has 1 saturated heterocycles. The molecule has 1 aliphatic heterocycles. The normalized spacial score (nSPS) is 27.9. The highest BCUT2D eigenvalue weighted by atomic mass is 31.2. The van der Waals surface area contributed by atoms with Crippen molar-refractivity contribution in [2.75, 3.05) is 6.16 Å². The van der Waals surface area contributed by atoms with Crippen LogP contribution in [0, 0.1) is 24.2 Å². The minimum atomic E-state index is -4.41. The van der Waals surface area contributed by atoms with E-state index in [1.165, 1.54) is 10.8 Å². The maximum atomic E-state index is 12.1. The Morgan fingerprint density at radius 2 is 2.08 bits per heavy atom. The van der Waals surface area contributed by atoms with Crippen molar-refractivity contribution in [2.45, 2.75) is 53.4 Å². The Kier molecular flexibility index (Phi) is 5.50. The zero-order valence-corrected chi connectivity index (χ0v) is 16.1. The van der Waals surface area contributed by atoms with E-state index in [1.807, 2.05) is 20.8 Å². The van der Waals surface area contributed by atoms with Crippen molar-refractivity contribution in [3.63, 3.8) is 0 Å². The van der Waals surface area contributed by atoms with Gasteiger partial charge in [-0.05, 0) is 30.6 Å². The first-order valence-corrected chi connectivity index (χ1v) is 10.1. The summed E-state index contributed by atoms with van der Waals surface area (Å²) in [6, 6.07) is 0. The average molecular weight is 373 g/mol. The fourth-order valence-electron chi connectivity index (χ4n) is 3.51. The van der Waals surface area contributed by atoms with Gasteiger partial charge in [-0.25, -0.2) is 4.79 Å². The number of H-pyrrole nitrogens is 1. The molecule has 142 valence electrons. The number of aryl methyl sites for hydroxylation is 1. The highest BCUT2D eigenvalue weighted by Crippen LogP contribution is 2.47.